The molecule has 1 aromatic rings. The smallest absolute Gasteiger partial charge is 0.167 e. The number of hydrogen-bond acceptors (Lipinski definition) is 6. The summed E-state index contributed by atoms with van der Waals surface area (Å²) in [6, 6.07) is 0.0606. The van der Waals surface area contributed by atoms with Gasteiger partial charge >= 0.3 is 0 Å². The van der Waals surface area contributed by atoms with Crippen LogP contribution in [0.15, 0.2) is 0 Å². The van der Waals surface area contributed by atoms with Crippen LogP contribution in [-0.4, -0.2) is 46.7 Å². The number of sulfone groups is 1. The van der Waals surface area contributed by atoms with Crippen molar-refractivity contribution in [1.29, 1.82) is 0 Å². The van der Waals surface area contributed by atoms with E-state index in [0.717, 1.165) is 12.4 Å². The van der Waals surface area contributed by atoms with E-state index >= 15 is 0 Å². The molecule has 0 aliphatic carbocycles. The summed E-state index contributed by atoms with van der Waals surface area (Å²) in [4.78, 5) is 0. The lowest BCUT2D eigenvalue weighted by atomic mass is 10.1. The molecule has 0 saturated carbocycles. The van der Waals surface area contributed by atoms with Crippen LogP contribution < -0.4 is 5.32 Å². The lowest BCUT2D eigenvalue weighted by Gasteiger charge is -2.16. The van der Waals surface area contributed by atoms with Gasteiger partial charge < -0.3 is 5.32 Å². The van der Waals surface area contributed by atoms with Crippen LogP contribution in [0.5, 0.6) is 0 Å². The first-order valence-electron chi connectivity index (χ1n) is 7.07. The minimum atomic E-state index is -2.85. The SMILES string of the molecule is CC(C)CNC(C)c1nnnn1CC1CCS(=O)(=O)C1. The molecule has 0 radical (unpaired) electrons. The van der Waals surface area contributed by atoms with Gasteiger partial charge in [0.25, 0.3) is 0 Å². The highest BCUT2D eigenvalue weighted by molar-refractivity contribution is 7.91. The van der Waals surface area contributed by atoms with E-state index in [0.29, 0.717) is 18.9 Å². The number of nitrogens with one attached hydrogen (secondary N) is 1. The van der Waals surface area contributed by atoms with Gasteiger partial charge in [-0.25, -0.2) is 13.1 Å². The number of nitrogens with zero attached hydrogens (tertiary/aromatic N) is 4. The van der Waals surface area contributed by atoms with E-state index in [4.69, 9.17) is 0 Å². The number of hydrogen-bond donors (Lipinski definition) is 1. The fourth-order valence-corrected chi connectivity index (χ4v) is 4.27. The van der Waals surface area contributed by atoms with Crippen molar-refractivity contribution >= 4 is 9.84 Å². The van der Waals surface area contributed by atoms with Crippen LogP contribution in [0.4, 0.5) is 0 Å². The van der Waals surface area contributed by atoms with Crippen molar-refractivity contribution in [2.24, 2.45) is 11.8 Å². The first-order chi connectivity index (χ1) is 9.37. The van der Waals surface area contributed by atoms with Gasteiger partial charge in [0.15, 0.2) is 15.7 Å². The third-order valence-electron chi connectivity index (χ3n) is 3.54. The van der Waals surface area contributed by atoms with Crippen LogP contribution in [0.25, 0.3) is 0 Å². The highest BCUT2D eigenvalue weighted by Gasteiger charge is 2.29. The Morgan fingerprint density at radius 1 is 1.40 bits per heavy atom. The predicted octanol–water partition coefficient (Wildman–Crippen LogP) is 0.414. The molecule has 2 unspecified atom stereocenters. The maximum atomic E-state index is 11.5. The molecule has 20 heavy (non-hydrogen) atoms. The van der Waals surface area contributed by atoms with E-state index in [9.17, 15) is 8.42 Å². The van der Waals surface area contributed by atoms with Crippen LogP contribution in [0.1, 0.15) is 39.1 Å². The van der Waals surface area contributed by atoms with Crippen molar-refractivity contribution in [3.63, 3.8) is 0 Å². The second kappa shape index (κ2) is 6.17. The van der Waals surface area contributed by atoms with Gasteiger partial charge in [-0.05, 0) is 42.2 Å². The lowest BCUT2D eigenvalue weighted by Crippen LogP contribution is -2.27. The number of tetrazole rings is 1. The summed E-state index contributed by atoms with van der Waals surface area (Å²) in [5.74, 6) is 1.99. The molecule has 0 amide bonds. The van der Waals surface area contributed by atoms with Gasteiger partial charge in [-0.15, -0.1) is 5.10 Å². The van der Waals surface area contributed by atoms with Crippen LogP contribution in [0.3, 0.4) is 0 Å². The molecule has 0 spiro atoms. The summed E-state index contributed by atoms with van der Waals surface area (Å²) in [5, 5.41) is 15.2. The molecule has 1 fully saturated rings. The van der Waals surface area contributed by atoms with E-state index in [1.54, 1.807) is 4.68 Å². The monoisotopic (exact) mass is 301 g/mol. The topological polar surface area (TPSA) is 89.8 Å². The van der Waals surface area contributed by atoms with Gasteiger partial charge in [0, 0.05) is 6.54 Å². The zero-order valence-electron chi connectivity index (χ0n) is 12.3. The maximum Gasteiger partial charge on any atom is 0.167 e. The highest BCUT2D eigenvalue weighted by Crippen LogP contribution is 2.21. The van der Waals surface area contributed by atoms with Crippen LogP contribution in [0.2, 0.25) is 0 Å². The molecule has 8 heteroatoms. The van der Waals surface area contributed by atoms with Gasteiger partial charge in [-0.2, -0.15) is 0 Å². The Bertz CT molecular complexity index is 540. The van der Waals surface area contributed by atoms with Gasteiger partial charge in [0.2, 0.25) is 0 Å². The molecule has 2 rings (SSSR count). The average Bonchev–Trinajstić information content (AvgIpc) is 2.93. The van der Waals surface area contributed by atoms with E-state index < -0.39 is 9.84 Å². The second-order valence-corrected chi connectivity index (χ2v) is 8.24. The van der Waals surface area contributed by atoms with Crippen LogP contribution in [0, 0.1) is 11.8 Å². The predicted molar refractivity (Wildman–Crippen MR) is 75.8 cm³/mol. The molecule has 1 aromatic heterocycles. The minimum Gasteiger partial charge on any atom is -0.307 e. The molecule has 1 aliphatic rings. The summed E-state index contributed by atoms with van der Waals surface area (Å²) in [6.07, 6.45) is 0.704. The lowest BCUT2D eigenvalue weighted by molar-refractivity contribution is 0.407. The molecule has 0 bridgehead atoms. The van der Waals surface area contributed by atoms with E-state index in [1.165, 1.54) is 0 Å². The normalized spacial score (nSPS) is 23.3. The van der Waals surface area contributed by atoms with Crippen molar-refractivity contribution < 1.29 is 8.42 Å². The van der Waals surface area contributed by atoms with Crippen molar-refractivity contribution in [1.82, 2.24) is 25.5 Å². The quantitative estimate of drug-likeness (QED) is 0.819. The van der Waals surface area contributed by atoms with Crippen molar-refractivity contribution in [3.05, 3.63) is 5.82 Å². The Balaban J connectivity index is 1.98. The zero-order chi connectivity index (χ0) is 14.8. The van der Waals surface area contributed by atoms with Crippen molar-refractivity contribution in [2.45, 2.75) is 39.8 Å². The molecule has 2 heterocycles. The molecule has 0 aromatic carbocycles. The van der Waals surface area contributed by atoms with Crippen LogP contribution in [-0.2, 0) is 16.4 Å². The van der Waals surface area contributed by atoms with Gasteiger partial charge in [-0.3, -0.25) is 0 Å². The first kappa shape index (κ1) is 15.4. The third kappa shape index (κ3) is 3.99. The fourth-order valence-electron chi connectivity index (χ4n) is 2.42. The molecule has 2 atom stereocenters. The van der Waals surface area contributed by atoms with Crippen molar-refractivity contribution in [2.75, 3.05) is 18.1 Å². The Morgan fingerprint density at radius 3 is 2.75 bits per heavy atom. The minimum absolute atomic E-state index is 0.0606. The number of aromatic nitrogens is 4. The highest BCUT2D eigenvalue weighted by atomic mass is 32.2. The van der Waals surface area contributed by atoms with Crippen molar-refractivity contribution in [3.8, 4) is 0 Å². The molecule has 1 aliphatic heterocycles. The molecule has 1 N–H and O–H groups in total. The van der Waals surface area contributed by atoms with Gasteiger partial charge in [-0.1, -0.05) is 13.8 Å². The van der Waals surface area contributed by atoms with E-state index in [1.807, 2.05) is 6.92 Å². The Labute approximate surface area is 120 Å². The molecule has 1 saturated heterocycles. The Hall–Kier alpha value is -1.02. The van der Waals surface area contributed by atoms with E-state index in [2.05, 4.69) is 34.7 Å². The van der Waals surface area contributed by atoms with Gasteiger partial charge in [0.1, 0.15) is 0 Å². The zero-order valence-corrected chi connectivity index (χ0v) is 13.1. The third-order valence-corrected chi connectivity index (χ3v) is 5.37. The largest absolute Gasteiger partial charge is 0.307 e. The summed E-state index contributed by atoms with van der Waals surface area (Å²) in [7, 11) is -2.85. The maximum absolute atomic E-state index is 11.5. The van der Waals surface area contributed by atoms with Gasteiger partial charge in [0.05, 0.1) is 17.5 Å². The fraction of sp³-hybridized carbons (Fsp3) is 0.917. The molecule has 7 nitrogen and oxygen atoms in total. The molecular weight excluding hydrogens is 278 g/mol. The average molecular weight is 301 g/mol. The Kier molecular flexibility index (Phi) is 4.74. The van der Waals surface area contributed by atoms with E-state index in [-0.39, 0.29) is 23.5 Å². The summed E-state index contributed by atoms with van der Waals surface area (Å²) in [5.41, 5.74) is 0. The summed E-state index contributed by atoms with van der Waals surface area (Å²) >= 11 is 0. The standard InChI is InChI=1S/C12H23N5O2S/c1-9(2)6-13-10(3)12-14-15-16-17(12)7-11-4-5-20(18,19)8-11/h9-11,13H,4-8H2,1-3H3. The summed E-state index contributed by atoms with van der Waals surface area (Å²) in [6.45, 7) is 7.79. The first-order valence-corrected chi connectivity index (χ1v) is 8.89. The second-order valence-electron chi connectivity index (χ2n) is 6.01. The number of rotatable bonds is 6. The molecule has 114 valence electrons. The Morgan fingerprint density at radius 2 is 2.15 bits per heavy atom. The van der Waals surface area contributed by atoms with Crippen LogP contribution >= 0.6 is 0 Å². The summed E-state index contributed by atoms with van der Waals surface area (Å²) < 4.78 is 24.7. The molecular formula is C12H23N5O2S.